The van der Waals surface area contributed by atoms with Crippen LogP contribution in [0.1, 0.15) is 29.2 Å². The van der Waals surface area contributed by atoms with Crippen molar-refractivity contribution in [2.24, 2.45) is 0 Å². The molecule has 0 fully saturated rings. The van der Waals surface area contributed by atoms with Crippen LogP contribution < -0.4 is 5.32 Å². The fourth-order valence-corrected chi connectivity index (χ4v) is 2.67. The Hall–Kier alpha value is -1.64. The van der Waals surface area contributed by atoms with Gasteiger partial charge in [0.1, 0.15) is 0 Å². The second-order valence-electron chi connectivity index (χ2n) is 5.70. The highest BCUT2D eigenvalue weighted by Gasteiger charge is 2.10. The van der Waals surface area contributed by atoms with Crippen molar-refractivity contribution >= 4 is 0 Å². The Bertz CT molecular complexity index is 536. The van der Waals surface area contributed by atoms with Gasteiger partial charge in [-0.15, -0.1) is 0 Å². The van der Waals surface area contributed by atoms with Crippen LogP contribution in [0.4, 0.5) is 0 Å². The van der Waals surface area contributed by atoms with Gasteiger partial charge in [-0.2, -0.15) is 0 Å². The van der Waals surface area contributed by atoms with E-state index in [-0.39, 0.29) is 0 Å². The van der Waals surface area contributed by atoms with Gasteiger partial charge in [0.2, 0.25) is 0 Å². The molecule has 0 radical (unpaired) electrons. The van der Waals surface area contributed by atoms with E-state index in [1.807, 2.05) is 7.05 Å². The Labute approximate surface area is 128 Å². The molecule has 1 N–H and O–H groups in total. The molecular formula is C19H26N2. The summed E-state index contributed by atoms with van der Waals surface area (Å²) < 4.78 is 0. The van der Waals surface area contributed by atoms with Gasteiger partial charge in [0.25, 0.3) is 0 Å². The van der Waals surface area contributed by atoms with Crippen LogP contribution in [0.3, 0.4) is 0 Å². The largest absolute Gasteiger partial charge is 0.313 e. The maximum Gasteiger partial charge on any atom is 0.0329 e. The summed E-state index contributed by atoms with van der Waals surface area (Å²) in [4.78, 5) is 2.40. The first-order valence-corrected chi connectivity index (χ1v) is 7.66. The van der Waals surface area contributed by atoms with Crippen molar-refractivity contribution in [2.75, 3.05) is 20.6 Å². The number of benzene rings is 2. The monoisotopic (exact) mass is 282 g/mol. The smallest absolute Gasteiger partial charge is 0.0329 e. The van der Waals surface area contributed by atoms with Crippen molar-refractivity contribution in [2.45, 2.75) is 25.9 Å². The van der Waals surface area contributed by atoms with Crippen molar-refractivity contribution in [1.82, 2.24) is 10.2 Å². The van der Waals surface area contributed by atoms with E-state index in [1.165, 1.54) is 16.7 Å². The molecule has 0 aromatic heterocycles. The van der Waals surface area contributed by atoms with Gasteiger partial charge in [-0.3, -0.25) is 0 Å². The predicted octanol–water partition coefficient (Wildman–Crippen LogP) is 3.78. The summed E-state index contributed by atoms with van der Waals surface area (Å²) in [6.07, 6.45) is 1.11. The number of hydrogen-bond donors (Lipinski definition) is 1. The summed E-state index contributed by atoms with van der Waals surface area (Å²) in [5, 5.41) is 3.42. The van der Waals surface area contributed by atoms with Crippen LogP contribution in [0.2, 0.25) is 0 Å². The fraction of sp³-hybridized carbons (Fsp3) is 0.368. The van der Waals surface area contributed by atoms with Crippen LogP contribution in [-0.2, 0) is 6.54 Å². The van der Waals surface area contributed by atoms with Gasteiger partial charge < -0.3 is 10.2 Å². The van der Waals surface area contributed by atoms with Crippen molar-refractivity contribution in [3.05, 3.63) is 71.3 Å². The lowest BCUT2D eigenvalue weighted by Gasteiger charge is -2.22. The molecule has 1 atom stereocenters. The van der Waals surface area contributed by atoms with E-state index in [1.54, 1.807) is 0 Å². The highest BCUT2D eigenvalue weighted by Crippen LogP contribution is 2.17. The SMILES string of the molecule is CNC(CCN(C)Cc1ccccc1C)c1ccccc1. The summed E-state index contributed by atoms with van der Waals surface area (Å²) in [5.41, 5.74) is 4.16. The average molecular weight is 282 g/mol. The summed E-state index contributed by atoms with van der Waals surface area (Å²) in [6, 6.07) is 19.7. The lowest BCUT2D eigenvalue weighted by molar-refractivity contribution is 0.303. The van der Waals surface area contributed by atoms with Gasteiger partial charge in [0.15, 0.2) is 0 Å². The average Bonchev–Trinajstić information content (AvgIpc) is 2.51. The quantitative estimate of drug-likeness (QED) is 0.831. The molecule has 2 heteroatoms. The van der Waals surface area contributed by atoms with Gasteiger partial charge in [-0.1, -0.05) is 54.6 Å². The van der Waals surface area contributed by atoms with Gasteiger partial charge >= 0.3 is 0 Å². The van der Waals surface area contributed by atoms with Crippen LogP contribution in [0.25, 0.3) is 0 Å². The number of aryl methyl sites for hydroxylation is 1. The highest BCUT2D eigenvalue weighted by atomic mass is 15.1. The topological polar surface area (TPSA) is 15.3 Å². The molecular weight excluding hydrogens is 256 g/mol. The first-order chi connectivity index (χ1) is 10.2. The number of rotatable bonds is 7. The number of nitrogens with one attached hydrogen (secondary N) is 1. The zero-order valence-corrected chi connectivity index (χ0v) is 13.3. The molecule has 2 aromatic carbocycles. The van der Waals surface area contributed by atoms with Crippen molar-refractivity contribution < 1.29 is 0 Å². The Kier molecular flexibility index (Phi) is 5.97. The Morgan fingerprint density at radius 1 is 1.00 bits per heavy atom. The van der Waals surface area contributed by atoms with Gasteiger partial charge in [0.05, 0.1) is 0 Å². The second-order valence-corrected chi connectivity index (χ2v) is 5.70. The molecule has 0 amide bonds. The number of hydrogen-bond acceptors (Lipinski definition) is 2. The van der Waals surface area contributed by atoms with E-state index in [2.05, 4.69) is 78.8 Å². The standard InChI is InChI=1S/C19H26N2/c1-16-9-7-8-12-18(16)15-21(3)14-13-19(20-2)17-10-5-4-6-11-17/h4-12,19-20H,13-15H2,1-3H3. The van der Waals surface area contributed by atoms with Crippen LogP contribution >= 0.6 is 0 Å². The minimum atomic E-state index is 0.422. The van der Waals surface area contributed by atoms with Gasteiger partial charge in [-0.25, -0.2) is 0 Å². The Morgan fingerprint density at radius 3 is 2.33 bits per heavy atom. The van der Waals surface area contributed by atoms with E-state index in [0.29, 0.717) is 6.04 Å². The van der Waals surface area contributed by atoms with Crippen molar-refractivity contribution in [3.63, 3.8) is 0 Å². The third-order valence-corrected chi connectivity index (χ3v) is 4.05. The normalized spacial score (nSPS) is 12.6. The van der Waals surface area contributed by atoms with Crippen LogP contribution in [0.15, 0.2) is 54.6 Å². The van der Waals surface area contributed by atoms with E-state index in [0.717, 1.165) is 19.5 Å². The van der Waals surface area contributed by atoms with Gasteiger partial charge in [-0.05, 0) is 50.7 Å². The molecule has 0 heterocycles. The molecule has 0 saturated heterocycles. The predicted molar refractivity (Wildman–Crippen MR) is 90.4 cm³/mol. The maximum absolute atomic E-state index is 3.42. The van der Waals surface area contributed by atoms with E-state index in [9.17, 15) is 0 Å². The zero-order chi connectivity index (χ0) is 15.1. The van der Waals surface area contributed by atoms with E-state index >= 15 is 0 Å². The molecule has 2 rings (SSSR count). The van der Waals surface area contributed by atoms with Crippen molar-refractivity contribution in [1.29, 1.82) is 0 Å². The molecule has 0 aliphatic heterocycles. The molecule has 0 saturated carbocycles. The lowest BCUT2D eigenvalue weighted by atomic mass is 10.0. The minimum Gasteiger partial charge on any atom is -0.313 e. The summed E-state index contributed by atoms with van der Waals surface area (Å²) in [5.74, 6) is 0. The molecule has 0 bridgehead atoms. The molecule has 0 aliphatic carbocycles. The third-order valence-electron chi connectivity index (χ3n) is 4.05. The molecule has 2 aromatic rings. The molecule has 112 valence electrons. The lowest BCUT2D eigenvalue weighted by Crippen LogP contribution is -2.25. The first-order valence-electron chi connectivity index (χ1n) is 7.66. The molecule has 21 heavy (non-hydrogen) atoms. The summed E-state index contributed by atoms with van der Waals surface area (Å²) in [7, 11) is 4.24. The molecule has 0 aliphatic rings. The van der Waals surface area contributed by atoms with Crippen molar-refractivity contribution in [3.8, 4) is 0 Å². The minimum absolute atomic E-state index is 0.422. The molecule has 1 unspecified atom stereocenters. The zero-order valence-electron chi connectivity index (χ0n) is 13.3. The van der Waals surface area contributed by atoms with E-state index in [4.69, 9.17) is 0 Å². The molecule has 2 nitrogen and oxygen atoms in total. The second kappa shape index (κ2) is 7.96. The highest BCUT2D eigenvalue weighted by molar-refractivity contribution is 5.25. The van der Waals surface area contributed by atoms with Crippen LogP contribution in [0, 0.1) is 6.92 Å². The number of nitrogens with zero attached hydrogens (tertiary/aromatic N) is 1. The maximum atomic E-state index is 3.42. The van der Waals surface area contributed by atoms with Gasteiger partial charge in [0, 0.05) is 12.6 Å². The first kappa shape index (κ1) is 15.7. The van der Waals surface area contributed by atoms with E-state index < -0.39 is 0 Å². The fourth-order valence-electron chi connectivity index (χ4n) is 2.67. The molecule has 0 spiro atoms. The van der Waals surface area contributed by atoms with Crippen LogP contribution in [-0.4, -0.2) is 25.5 Å². The third kappa shape index (κ3) is 4.69. The van der Waals surface area contributed by atoms with Crippen LogP contribution in [0.5, 0.6) is 0 Å². The summed E-state index contributed by atoms with van der Waals surface area (Å²) >= 11 is 0. The summed E-state index contributed by atoms with van der Waals surface area (Å²) in [6.45, 7) is 4.27. The Balaban J connectivity index is 1.88. The Morgan fingerprint density at radius 2 is 1.67 bits per heavy atom.